The number of carboxylic acid groups (broad SMARTS) is 1. The summed E-state index contributed by atoms with van der Waals surface area (Å²) < 4.78 is 4.80. The van der Waals surface area contributed by atoms with E-state index in [0.29, 0.717) is 6.61 Å². The fraction of sp³-hybridized carbons (Fsp3) is 0.455. The highest BCUT2D eigenvalue weighted by Gasteiger charge is 2.19. The predicted octanol–water partition coefficient (Wildman–Crippen LogP) is 0.896. The topological polar surface area (TPSA) is 75.6 Å². The first-order chi connectivity index (χ1) is 8.13. The van der Waals surface area contributed by atoms with Crippen LogP contribution in [0.2, 0.25) is 0 Å². The van der Waals surface area contributed by atoms with E-state index in [1.54, 1.807) is 0 Å². The van der Waals surface area contributed by atoms with E-state index >= 15 is 0 Å². The molecule has 0 saturated heterocycles. The number of hydrogen-bond donors (Lipinski definition) is 2. The van der Waals surface area contributed by atoms with Crippen LogP contribution in [0.1, 0.15) is 12.0 Å². The van der Waals surface area contributed by atoms with E-state index in [1.165, 1.54) is 18.4 Å². The number of carbonyl (C=O) groups excluding carboxylic acids is 1. The quantitative estimate of drug-likeness (QED) is 0.761. The van der Waals surface area contributed by atoms with Gasteiger partial charge < -0.3 is 15.2 Å². The average molecular weight is 257 g/mol. The molecule has 2 N–H and O–H groups in total. The highest BCUT2D eigenvalue weighted by molar-refractivity contribution is 7.07. The minimum Gasteiger partial charge on any atom is -0.480 e. The summed E-state index contributed by atoms with van der Waals surface area (Å²) in [5, 5.41) is 15.1. The van der Waals surface area contributed by atoms with Gasteiger partial charge in [0, 0.05) is 20.1 Å². The molecular weight excluding hydrogens is 242 g/mol. The maximum absolute atomic E-state index is 11.6. The molecule has 0 saturated carbocycles. The molecule has 6 heteroatoms. The Morgan fingerprint density at radius 2 is 2.35 bits per heavy atom. The monoisotopic (exact) mass is 257 g/mol. The first kappa shape index (κ1) is 13.7. The zero-order valence-electron chi connectivity index (χ0n) is 9.51. The minimum atomic E-state index is -1.04. The summed E-state index contributed by atoms with van der Waals surface area (Å²) in [6.45, 7) is 0.301. The van der Waals surface area contributed by atoms with Gasteiger partial charge in [-0.05, 0) is 22.4 Å². The number of amides is 1. The summed E-state index contributed by atoms with van der Waals surface area (Å²) in [4.78, 5) is 22.5. The molecule has 0 aliphatic carbocycles. The number of nitrogens with one attached hydrogen (secondary N) is 1. The van der Waals surface area contributed by atoms with Crippen LogP contribution < -0.4 is 5.32 Å². The van der Waals surface area contributed by atoms with Crippen molar-refractivity contribution in [1.82, 2.24) is 5.32 Å². The Balaban J connectivity index is 2.43. The van der Waals surface area contributed by atoms with Crippen molar-refractivity contribution >= 4 is 23.2 Å². The highest BCUT2D eigenvalue weighted by atomic mass is 32.1. The smallest absolute Gasteiger partial charge is 0.326 e. The summed E-state index contributed by atoms with van der Waals surface area (Å²) >= 11 is 1.50. The molecule has 1 heterocycles. The van der Waals surface area contributed by atoms with Crippen molar-refractivity contribution in [2.45, 2.75) is 18.9 Å². The third-order valence-corrected chi connectivity index (χ3v) is 2.92. The molecule has 17 heavy (non-hydrogen) atoms. The fourth-order valence-electron chi connectivity index (χ4n) is 1.32. The van der Waals surface area contributed by atoms with Crippen LogP contribution in [0.3, 0.4) is 0 Å². The van der Waals surface area contributed by atoms with Gasteiger partial charge in [-0.1, -0.05) is 0 Å². The van der Waals surface area contributed by atoms with Crippen molar-refractivity contribution in [3.8, 4) is 0 Å². The van der Waals surface area contributed by atoms with Gasteiger partial charge in [-0.15, -0.1) is 0 Å². The van der Waals surface area contributed by atoms with Gasteiger partial charge in [0.2, 0.25) is 5.91 Å². The summed E-state index contributed by atoms with van der Waals surface area (Å²) in [6.07, 6.45) is 0.474. The van der Waals surface area contributed by atoms with Crippen LogP contribution in [0.4, 0.5) is 0 Å². The predicted molar refractivity (Wildman–Crippen MR) is 64.1 cm³/mol. The lowest BCUT2D eigenvalue weighted by Crippen LogP contribution is -2.42. The Hall–Kier alpha value is -1.40. The third-order valence-electron chi connectivity index (χ3n) is 2.19. The molecule has 94 valence electrons. The van der Waals surface area contributed by atoms with Crippen LogP contribution in [-0.2, 0) is 20.7 Å². The third kappa shape index (κ3) is 4.97. The molecule has 0 spiro atoms. The van der Waals surface area contributed by atoms with Crippen LogP contribution in [-0.4, -0.2) is 36.7 Å². The van der Waals surface area contributed by atoms with E-state index in [1.807, 2.05) is 16.8 Å². The average Bonchev–Trinajstić information content (AvgIpc) is 2.76. The van der Waals surface area contributed by atoms with Crippen LogP contribution in [0.25, 0.3) is 0 Å². The summed E-state index contributed by atoms with van der Waals surface area (Å²) in [5.74, 6) is -1.33. The molecule has 0 fully saturated rings. The van der Waals surface area contributed by atoms with Gasteiger partial charge in [-0.25, -0.2) is 4.79 Å². The second-order valence-corrected chi connectivity index (χ2v) is 4.33. The lowest BCUT2D eigenvalue weighted by atomic mass is 10.2. The summed E-state index contributed by atoms with van der Waals surface area (Å²) in [7, 11) is 1.49. The molecule has 1 rings (SSSR count). The molecule has 1 aromatic heterocycles. The minimum absolute atomic E-state index is 0.209. The molecule has 0 bridgehead atoms. The molecule has 0 aliphatic heterocycles. The molecule has 0 radical (unpaired) electrons. The van der Waals surface area contributed by atoms with Crippen molar-refractivity contribution in [2.75, 3.05) is 13.7 Å². The van der Waals surface area contributed by atoms with Gasteiger partial charge in [-0.3, -0.25) is 4.79 Å². The molecule has 1 aromatic rings. The van der Waals surface area contributed by atoms with Crippen LogP contribution in [0.15, 0.2) is 16.8 Å². The molecule has 0 aliphatic rings. The first-order valence-electron chi connectivity index (χ1n) is 5.15. The Kier molecular flexibility index (Phi) is 5.65. The first-order valence-corrected chi connectivity index (χ1v) is 6.10. The number of carbonyl (C=O) groups is 2. The van der Waals surface area contributed by atoms with Gasteiger partial charge in [0.1, 0.15) is 6.04 Å². The summed E-state index contributed by atoms with van der Waals surface area (Å²) in [5.41, 5.74) is 0.892. The molecule has 1 atom stereocenters. The van der Waals surface area contributed by atoms with E-state index in [9.17, 15) is 9.59 Å². The number of thiophene rings is 1. The molecule has 0 aromatic carbocycles. The maximum Gasteiger partial charge on any atom is 0.326 e. The number of hydrogen-bond acceptors (Lipinski definition) is 4. The molecule has 1 unspecified atom stereocenters. The van der Waals surface area contributed by atoms with Gasteiger partial charge in [0.05, 0.1) is 6.42 Å². The Morgan fingerprint density at radius 3 is 2.88 bits per heavy atom. The number of aliphatic carboxylic acids is 1. The van der Waals surface area contributed by atoms with Gasteiger partial charge >= 0.3 is 5.97 Å². The van der Waals surface area contributed by atoms with E-state index in [2.05, 4.69) is 5.32 Å². The van der Waals surface area contributed by atoms with E-state index < -0.39 is 12.0 Å². The molecule has 5 nitrogen and oxygen atoms in total. The van der Waals surface area contributed by atoms with E-state index in [4.69, 9.17) is 9.84 Å². The summed E-state index contributed by atoms with van der Waals surface area (Å²) in [6, 6.07) is 0.955. The number of carboxylic acids is 1. The van der Waals surface area contributed by atoms with Crippen LogP contribution in [0, 0.1) is 0 Å². The zero-order chi connectivity index (χ0) is 12.7. The highest BCUT2D eigenvalue weighted by Crippen LogP contribution is 2.06. The Labute approximate surface area is 103 Å². The largest absolute Gasteiger partial charge is 0.480 e. The Morgan fingerprint density at radius 1 is 1.59 bits per heavy atom. The van der Waals surface area contributed by atoms with E-state index in [-0.39, 0.29) is 18.7 Å². The van der Waals surface area contributed by atoms with Crippen molar-refractivity contribution in [3.05, 3.63) is 22.4 Å². The van der Waals surface area contributed by atoms with Crippen molar-refractivity contribution in [1.29, 1.82) is 0 Å². The number of rotatable bonds is 7. The Bertz CT molecular complexity index is 364. The second kappa shape index (κ2) is 7.03. The number of ether oxygens (including phenoxy) is 1. The fourth-order valence-corrected chi connectivity index (χ4v) is 1.99. The molecule has 1 amide bonds. The van der Waals surface area contributed by atoms with Gasteiger partial charge in [0.25, 0.3) is 0 Å². The van der Waals surface area contributed by atoms with E-state index in [0.717, 1.165) is 5.56 Å². The van der Waals surface area contributed by atoms with Crippen molar-refractivity contribution in [3.63, 3.8) is 0 Å². The van der Waals surface area contributed by atoms with Crippen LogP contribution in [0.5, 0.6) is 0 Å². The zero-order valence-corrected chi connectivity index (χ0v) is 10.3. The lowest BCUT2D eigenvalue weighted by molar-refractivity contribution is -0.142. The second-order valence-electron chi connectivity index (χ2n) is 3.55. The van der Waals surface area contributed by atoms with Crippen LogP contribution >= 0.6 is 11.3 Å². The van der Waals surface area contributed by atoms with Gasteiger partial charge in [0.15, 0.2) is 0 Å². The maximum atomic E-state index is 11.6. The SMILES string of the molecule is COCCC(NC(=O)Cc1ccsc1)C(=O)O. The van der Waals surface area contributed by atoms with Crippen molar-refractivity contribution in [2.24, 2.45) is 0 Å². The van der Waals surface area contributed by atoms with Gasteiger partial charge in [-0.2, -0.15) is 11.3 Å². The normalized spacial score (nSPS) is 12.1. The number of methoxy groups -OCH3 is 1. The lowest BCUT2D eigenvalue weighted by Gasteiger charge is -2.13. The standard InChI is InChI=1S/C11H15NO4S/c1-16-4-2-9(11(14)15)12-10(13)6-8-3-5-17-7-8/h3,5,7,9H,2,4,6H2,1H3,(H,12,13)(H,14,15). The van der Waals surface area contributed by atoms with Crippen molar-refractivity contribution < 1.29 is 19.4 Å². The molecular formula is C11H15NO4S.